The topological polar surface area (TPSA) is 44.2 Å². The minimum Gasteiger partial charge on any atom is -0.497 e. The summed E-state index contributed by atoms with van der Waals surface area (Å²) in [6.07, 6.45) is 0. The highest BCUT2D eigenvalue weighted by Crippen LogP contribution is 2.42. The smallest absolute Gasteiger partial charge is 0.123 e. The summed E-state index contributed by atoms with van der Waals surface area (Å²) >= 11 is 0. The third-order valence-corrected chi connectivity index (χ3v) is 4.97. The van der Waals surface area contributed by atoms with Gasteiger partial charge in [-0.15, -0.1) is 5.10 Å². The molecule has 0 spiro atoms. The van der Waals surface area contributed by atoms with Crippen LogP contribution in [-0.4, -0.2) is 24.4 Å². The van der Waals surface area contributed by atoms with E-state index in [0.29, 0.717) is 11.5 Å². The van der Waals surface area contributed by atoms with E-state index >= 15 is 0 Å². The normalized spacial score (nSPS) is 10.7. The van der Waals surface area contributed by atoms with Crippen LogP contribution in [0.2, 0.25) is 0 Å². The van der Waals surface area contributed by atoms with Gasteiger partial charge in [0.05, 0.1) is 19.9 Å². The number of ether oxygens (including phenoxy) is 2. The van der Waals surface area contributed by atoms with Gasteiger partial charge in [-0.05, 0) is 42.3 Å². The fourth-order valence-corrected chi connectivity index (χ4v) is 3.53. The molecule has 5 heteroatoms. The number of hydrogen-bond donors (Lipinski definition) is 0. The number of nitrogens with zero attached hydrogens (tertiary/aromatic N) is 2. The van der Waals surface area contributed by atoms with Crippen molar-refractivity contribution in [3.05, 3.63) is 84.3 Å². The molecule has 0 aliphatic heterocycles. The second kappa shape index (κ2) is 8.33. The van der Waals surface area contributed by atoms with Crippen molar-refractivity contribution in [2.24, 2.45) is 0 Å². The lowest BCUT2D eigenvalue weighted by atomic mass is 9.90. The van der Waals surface area contributed by atoms with E-state index in [9.17, 15) is 4.39 Å². The zero-order chi connectivity index (χ0) is 21.1. The van der Waals surface area contributed by atoms with Crippen LogP contribution in [0.4, 0.5) is 4.39 Å². The molecule has 0 unspecified atom stereocenters. The molecule has 4 rings (SSSR count). The van der Waals surface area contributed by atoms with Gasteiger partial charge in [-0.1, -0.05) is 42.5 Å². The van der Waals surface area contributed by atoms with Crippen molar-refractivity contribution in [2.45, 2.75) is 6.92 Å². The summed E-state index contributed by atoms with van der Waals surface area (Å²) in [4.78, 5) is 0. The first-order valence-electron chi connectivity index (χ1n) is 9.53. The zero-order valence-electron chi connectivity index (χ0n) is 17.0. The Balaban J connectivity index is 2.08. The summed E-state index contributed by atoms with van der Waals surface area (Å²) in [6, 6.07) is 22.0. The van der Waals surface area contributed by atoms with E-state index in [1.54, 1.807) is 26.4 Å². The molecule has 0 amide bonds. The van der Waals surface area contributed by atoms with E-state index in [4.69, 9.17) is 9.47 Å². The summed E-state index contributed by atoms with van der Waals surface area (Å²) in [5.41, 5.74) is 5.93. The first-order valence-corrected chi connectivity index (χ1v) is 9.53. The van der Waals surface area contributed by atoms with Gasteiger partial charge in [0.2, 0.25) is 0 Å². The summed E-state index contributed by atoms with van der Waals surface area (Å²) in [7, 11) is 3.24. The van der Waals surface area contributed by atoms with Crippen LogP contribution >= 0.6 is 0 Å². The fraction of sp³-hybridized carbons (Fsp3) is 0.120. The largest absolute Gasteiger partial charge is 0.497 e. The minimum atomic E-state index is -0.286. The molecule has 150 valence electrons. The van der Waals surface area contributed by atoms with Crippen molar-refractivity contribution in [1.29, 1.82) is 0 Å². The third-order valence-electron chi connectivity index (χ3n) is 4.97. The van der Waals surface area contributed by atoms with Crippen molar-refractivity contribution >= 4 is 0 Å². The number of aryl methyl sites for hydroxylation is 1. The first kappa shape index (κ1) is 19.6. The molecule has 4 nitrogen and oxygen atoms in total. The van der Waals surface area contributed by atoms with Gasteiger partial charge in [0.15, 0.2) is 0 Å². The van der Waals surface area contributed by atoms with E-state index in [2.05, 4.69) is 10.2 Å². The quantitative estimate of drug-likeness (QED) is 0.416. The highest BCUT2D eigenvalue weighted by molar-refractivity contribution is 5.94. The first-order chi connectivity index (χ1) is 14.6. The Kier molecular flexibility index (Phi) is 5.44. The SMILES string of the molecule is COc1cc(OC)cc(-c2c(-c3ccccc3)nnc(C)c2-c2ccc(F)cc2)c1. The molecule has 0 aliphatic carbocycles. The second-order valence-corrected chi connectivity index (χ2v) is 6.86. The van der Waals surface area contributed by atoms with Gasteiger partial charge in [0, 0.05) is 22.8 Å². The molecular weight excluding hydrogens is 379 g/mol. The molecule has 1 aromatic heterocycles. The van der Waals surface area contributed by atoms with Crippen LogP contribution in [0.25, 0.3) is 33.5 Å². The maximum Gasteiger partial charge on any atom is 0.123 e. The summed E-state index contributed by atoms with van der Waals surface area (Å²) in [5.74, 6) is 1.05. The molecule has 0 N–H and O–H groups in total. The average molecular weight is 400 g/mol. The molecule has 0 fully saturated rings. The standard InChI is InChI=1S/C25H21FN2O2/c1-16-23(17-9-11-20(26)12-10-17)24(19-13-21(29-2)15-22(14-19)30-3)25(28-27-16)18-7-5-4-6-8-18/h4-15H,1-3H3. The van der Waals surface area contributed by atoms with E-state index in [0.717, 1.165) is 39.2 Å². The Bertz CT molecular complexity index is 1150. The molecule has 0 saturated heterocycles. The molecular formula is C25H21FN2O2. The number of halogens is 1. The second-order valence-electron chi connectivity index (χ2n) is 6.86. The molecule has 0 saturated carbocycles. The molecule has 0 atom stereocenters. The van der Waals surface area contributed by atoms with Gasteiger partial charge in [-0.3, -0.25) is 0 Å². The molecule has 30 heavy (non-hydrogen) atoms. The average Bonchev–Trinajstić information content (AvgIpc) is 2.79. The predicted molar refractivity (Wildman–Crippen MR) is 116 cm³/mol. The van der Waals surface area contributed by atoms with Crippen molar-refractivity contribution in [1.82, 2.24) is 10.2 Å². The van der Waals surface area contributed by atoms with E-state index in [1.807, 2.05) is 55.5 Å². The van der Waals surface area contributed by atoms with E-state index < -0.39 is 0 Å². The summed E-state index contributed by atoms with van der Waals surface area (Å²) in [5, 5.41) is 8.95. The summed E-state index contributed by atoms with van der Waals surface area (Å²) in [6.45, 7) is 1.90. The van der Waals surface area contributed by atoms with Crippen LogP contribution < -0.4 is 9.47 Å². The Labute approximate surface area is 174 Å². The number of hydrogen-bond acceptors (Lipinski definition) is 4. The maximum atomic E-state index is 13.6. The summed E-state index contributed by atoms with van der Waals surface area (Å²) < 4.78 is 24.6. The van der Waals surface area contributed by atoms with Crippen molar-refractivity contribution in [3.8, 4) is 45.0 Å². The predicted octanol–water partition coefficient (Wildman–Crippen LogP) is 5.94. The number of rotatable bonds is 5. The number of aromatic nitrogens is 2. The van der Waals surface area contributed by atoms with Crippen LogP contribution in [0.5, 0.6) is 11.5 Å². The lowest BCUT2D eigenvalue weighted by molar-refractivity contribution is 0.394. The molecule has 0 aliphatic rings. The number of benzene rings is 3. The lowest BCUT2D eigenvalue weighted by Crippen LogP contribution is -2.01. The van der Waals surface area contributed by atoms with E-state index in [-0.39, 0.29) is 5.82 Å². The monoisotopic (exact) mass is 400 g/mol. The molecule has 3 aromatic carbocycles. The van der Waals surface area contributed by atoms with Gasteiger partial charge < -0.3 is 9.47 Å². The highest BCUT2D eigenvalue weighted by atomic mass is 19.1. The van der Waals surface area contributed by atoms with Crippen LogP contribution in [0.3, 0.4) is 0 Å². The maximum absolute atomic E-state index is 13.6. The van der Waals surface area contributed by atoms with Gasteiger partial charge >= 0.3 is 0 Å². The van der Waals surface area contributed by atoms with Crippen molar-refractivity contribution < 1.29 is 13.9 Å². The van der Waals surface area contributed by atoms with E-state index in [1.165, 1.54) is 12.1 Å². The Hall–Kier alpha value is -3.73. The van der Waals surface area contributed by atoms with Crippen LogP contribution in [0.1, 0.15) is 5.69 Å². The molecule has 0 bridgehead atoms. The van der Waals surface area contributed by atoms with Crippen molar-refractivity contribution in [3.63, 3.8) is 0 Å². The van der Waals surface area contributed by atoms with Gasteiger partial charge in [0.1, 0.15) is 23.0 Å². The molecule has 4 aromatic rings. The Morgan fingerprint density at radius 3 is 1.90 bits per heavy atom. The molecule has 1 heterocycles. The van der Waals surface area contributed by atoms with Gasteiger partial charge in [-0.25, -0.2) is 4.39 Å². The van der Waals surface area contributed by atoms with Crippen LogP contribution in [0.15, 0.2) is 72.8 Å². The number of methoxy groups -OCH3 is 2. The Morgan fingerprint density at radius 2 is 1.30 bits per heavy atom. The van der Waals surface area contributed by atoms with Crippen LogP contribution in [0, 0.1) is 12.7 Å². The fourth-order valence-electron chi connectivity index (χ4n) is 3.53. The van der Waals surface area contributed by atoms with Crippen molar-refractivity contribution in [2.75, 3.05) is 14.2 Å². The lowest BCUT2D eigenvalue weighted by Gasteiger charge is -2.18. The minimum absolute atomic E-state index is 0.286. The zero-order valence-corrected chi connectivity index (χ0v) is 17.0. The third kappa shape index (κ3) is 3.74. The highest BCUT2D eigenvalue weighted by Gasteiger charge is 2.20. The van der Waals surface area contributed by atoms with Crippen LogP contribution in [-0.2, 0) is 0 Å². The Morgan fingerprint density at radius 1 is 0.667 bits per heavy atom. The molecule has 0 radical (unpaired) electrons. The van der Waals surface area contributed by atoms with Gasteiger partial charge in [0.25, 0.3) is 0 Å². The van der Waals surface area contributed by atoms with Gasteiger partial charge in [-0.2, -0.15) is 5.10 Å².